The SMILES string of the molecule is Cc1noc(C)c1-c1ccc2c(c1)nc([C@@H]1CCC(=O)N1c1ccc(F)c(F)c1)n2[C@@H]1CC[C@@H](CC(=O)O)C1. The van der Waals surface area contributed by atoms with Gasteiger partial charge in [-0.15, -0.1) is 0 Å². The number of aryl methyl sites for hydroxylation is 2. The monoisotopic (exact) mass is 534 g/mol. The number of aliphatic carboxylic acids is 1. The number of hydrogen-bond acceptors (Lipinski definition) is 5. The first kappa shape index (κ1) is 25.2. The molecule has 6 rings (SSSR count). The molecule has 2 aliphatic rings. The van der Waals surface area contributed by atoms with Gasteiger partial charge in [-0.3, -0.25) is 9.59 Å². The fourth-order valence-corrected chi connectivity index (χ4v) is 6.39. The Morgan fingerprint density at radius 1 is 1.10 bits per heavy atom. The standard InChI is InChI=1S/C29H28F2N4O4/c1-15-28(16(2)39-33-15)18-4-8-24-23(13-18)32-29(35(24)19-5-3-17(11-19)12-27(37)38)25-9-10-26(36)34(25)20-6-7-21(30)22(31)14-20/h4,6-8,13-14,17,19,25H,3,5,9-12H2,1-2H3,(H,37,38)/t17-,19-,25+/m1/s1. The van der Waals surface area contributed by atoms with Gasteiger partial charge in [0, 0.05) is 36.2 Å². The van der Waals surface area contributed by atoms with E-state index in [4.69, 9.17) is 9.51 Å². The molecule has 1 N–H and O–H groups in total. The average Bonchev–Trinajstić information content (AvgIpc) is 3.66. The first-order chi connectivity index (χ1) is 18.7. The molecule has 1 aliphatic heterocycles. The highest BCUT2D eigenvalue weighted by molar-refractivity contribution is 5.96. The van der Waals surface area contributed by atoms with Crippen LogP contribution >= 0.6 is 0 Å². The summed E-state index contributed by atoms with van der Waals surface area (Å²) in [6.07, 6.45) is 3.09. The minimum absolute atomic E-state index is 0.00164. The molecule has 202 valence electrons. The number of imidazole rings is 1. The molecule has 2 fully saturated rings. The number of carbonyl (C=O) groups is 2. The molecule has 3 atom stereocenters. The molecule has 1 amide bonds. The highest BCUT2D eigenvalue weighted by Gasteiger charge is 2.39. The normalized spacial score (nSPS) is 21.4. The van der Waals surface area contributed by atoms with E-state index in [1.54, 1.807) is 0 Å². The molecule has 0 bridgehead atoms. The van der Waals surface area contributed by atoms with E-state index in [0.29, 0.717) is 24.4 Å². The van der Waals surface area contributed by atoms with E-state index in [-0.39, 0.29) is 36.4 Å². The van der Waals surface area contributed by atoms with E-state index in [9.17, 15) is 23.5 Å². The van der Waals surface area contributed by atoms with Crippen molar-refractivity contribution in [1.82, 2.24) is 14.7 Å². The zero-order valence-electron chi connectivity index (χ0n) is 21.7. The van der Waals surface area contributed by atoms with Gasteiger partial charge in [-0.1, -0.05) is 11.2 Å². The number of anilines is 1. The molecule has 2 aromatic carbocycles. The maximum Gasteiger partial charge on any atom is 0.303 e. The van der Waals surface area contributed by atoms with E-state index in [1.165, 1.54) is 11.0 Å². The summed E-state index contributed by atoms with van der Waals surface area (Å²) in [6, 6.07) is 8.98. The number of benzene rings is 2. The average molecular weight is 535 g/mol. The minimum atomic E-state index is -1.02. The molecular weight excluding hydrogens is 506 g/mol. The lowest BCUT2D eigenvalue weighted by Gasteiger charge is -2.27. The van der Waals surface area contributed by atoms with Crippen LogP contribution in [-0.2, 0) is 9.59 Å². The second-order valence-corrected chi connectivity index (χ2v) is 10.6. The van der Waals surface area contributed by atoms with Gasteiger partial charge in [0.1, 0.15) is 11.6 Å². The van der Waals surface area contributed by atoms with Gasteiger partial charge in [0.25, 0.3) is 0 Å². The Bertz CT molecular complexity index is 1590. The molecule has 0 unspecified atom stereocenters. The van der Waals surface area contributed by atoms with Gasteiger partial charge < -0.3 is 19.1 Å². The number of aromatic nitrogens is 3. The zero-order valence-corrected chi connectivity index (χ0v) is 21.7. The Kier molecular flexibility index (Phi) is 6.20. The van der Waals surface area contributed by atoms with Gasteiger partial charge in [-0.05, 0) is 75.3 Å². The Morgan fingerprint density at radius 2 is 1.92 bits per heavy atom. The molecule has 1 aliphatic carbocycles. The number of fused-ring (bicyclic) bond motifs is 1. The fraction of sp³-hybridized carbons (Fsp3) is 0.379. The first-order valence-corrected chi connectivity index (χ1v) is 13.1. The second kappa shape index (κ2) is 9.59. The van der Waals surface area contributed by atoms with Crippen molar-refractivity contribution < 1.29 is 28.0 Å². The summed E-state index contributed by atoms with van der Waals surface area (Å²) >= 11 is 0. The summed E-state index contributed by atoms with van der Waals surface area (Å²) in [5, 5.41) is 13.4. The molecule has 0 radical (unpaired) electrons. The molecule has 10 heteroatoms. The van der Waals surface area contributed by atoms with Crippen LogP contribution in [0.3, 0.4) is 0 Å². The Labute approximate surface area is 223 Å². The van der Waals surface area contributed by atoms with Gasteiger partial charge in [-0.2, -0.15) is 0 Å². The maximum atomic E-state index is 14.2. The molecule has 1 saturated carbocycles. The number of nitrogens with zero attached hydrogens (tertiary/aromatic N) is 4. The predicted molar refractivity (Wildman–Crippen MR) is 139 cm³/mol. The van der Waals surface area contributed by atoms with Crippen LogP contribution in [0.1, 0.15) is 67.9 Å². The van der Waals surface area contributed by atoms with Crippen LogP contribution in [0.25, 0.3) is 22.2 Å². The lowest BCUT2D eigenvalue weighted by Crippen LogP contribution is -2.30. The van der Waals surface area contributed by atoms with Gasteiger partial charge in [0.05, 0.1) is 22.8 Å². The summed E-state index contributed by atoms with van der Waals surface area (Å²) in [5.41, 5.74) is 4.47. The van der Waals surface area contributed by atoms with Crippen molar-refractivity contribution in [3.63, 3.8) is 0 Å². The van der Waals surface area contributed by atoms with Crippen LogP contribution in [-0.4, -0.2) is 31.7 Å². The number of amides is 1. The third-order valence-electron chi connectivity index (χ3n) is 8.07. The van der Waals surface area contributed by atoms with Crippen molar-refractivity contribution in [2.24, 2.45) is 5.92 Å². The molecule has 8 nitrogen and oxygen atoms in total. The fourth-order valence-electron chi connectivity index (χ4n) is 6.39. The van der Waals surface area contributed by atoms with E-state index < -0.39 is 23.6 Å². The quantitative estimate of drug-likeness (QED) is 0.313. The molecule has 2 aromatic heterocycles. The van der Waals surface area contributed by atoms with Crippen LogP contribution in [0, 0.1) is 31.4 Å². The topological polar surface area (TPSA) is 101 Å². The van der Waals surface area contributed by atoms with Crippen LogP contribution in [0.2, 0.25) is 0 Å². The predicted octanol–water partition coefficient (Wildman–Crippen LogP) is 6.27. The van der Waals surface area contributed by atoms with Crippen LogP contribution in [0.5, 0.6) is 0 Å². The lowest BCUT2D eigenvalue weighted by atomic mass is 10.0. The Hall–Kier alpha value is -4.08. The van der Waals surface area contributed by atoms with E-state index in [1.807, 2.05) is 32.0 Å². The van der Waals surface area contributed by atoms with Crippen LogP contribution in [0.4, 0.5) is 14.5 Å². The molecule has 3 heterocycles. The van der Waals surface area contributed by atoms with Crippen molar-refractivity contribution in [1.29, 1.82) is 0 Å². The molecular formula is C29H28F2N4O4. The van der Waals surface area contributed by atoms with Crippen LogP contribution in [0.15, 0.2) is 40.9 Å². The number of halogens is 2. The first-order valence-electron chi connectivity index (χ1n) is 13.1. The molecule has 39 heavy (non-hydrogen) atoms. The number of carbonyl (C=O) groups excluding carboxylic acids is 1. The number of rotatable bonds is 6. The number of carboxylic acid groups (broad SMARTS) is 1. The highest BCUT2D eigenvalue weighted by Crippen LogP contribution is 2.44. The molecule has 1 saturated heterocycles. The summed E-state index contributed by atoms with van der Waals surface area (Å²) < 4.78 is 35.4. The van der Waals surface area contributed by atoms with Crippen molar-refractivity contribution in [2.45, 2.75) is 64.5 Å². The van der Waals surface area contributed by atoms with Crippen molar-refractivity contribution >= 4 is 28.6 Å². The van der Waals surface area contributed by atoms with Crippen molar-refractivity contribution in [3.8, 4) is 11.1 Å². The Balaban J connectivity index is 1.48. The zero-order chi connectivity index (χ0) is 27.4. The smallest absolute Gasteiger partial charge is 0.303 e. The second-order valence-electron chi connectivity index (χ2n) is 10.6. The summed E-state index contributed by atoms with van der Waals surface area (Å²) in [4.78, 5) is 31.0. The van der Waals surface area contributed by atoms with Gasteiger partial charge >= 0.3 is 5.97 Å². The largest absolute Gasteiger partial charge is 0.481 e. The Morgan fingerprint density at radius 3 is 2.64 bits per heavy atom. The van der Waals surface area contributed by atoms with Gasteiger partial charge in [0.2, 0.25) is 5.91 Å². The third kappa shape index (κ3) is 4.37. The summed E-state index contributed by atoms with van der Waals surface area (Å²) in [6.45, 7) is 3.74. The van der Waals surface area contributed by atoms with Gasteiger partial charge in [-0.25, -0.2) is 13.8 Å². The van der Waals surface area contributed by atoms with E-state index in [0.717, 1.165) is 52.8 Å². The number of hydrogen-bond donors (Lipinski definition) is 1. The van der Waals surface area contributed by atoms with Gasteiger partial charge in [0.15, 0.2) is 11.6 Å². The van der Waals surface area contributed by atoms with Crippen LogP contribution < -0.4 is 4.90 Å². The summed E-state index contributed by atoms with van der Waals surface area (Å²) in [5.74, 6) is -1.58. The van der Waals surface area contributed by atoms with Crippen molar-refractivity contribution in [2.75, 3.05) is 4.90 Å². The number of carboxylic acids is 1. The third-order valence-corrected chi connectivity index (χ3v) is 8.07. The van der Waals surface area contributed by atoms with Crippen molar-refractivity contribution in [3.05, 3.63) is 65.3 Å². The molecule has 0 spiro atoms. The highest BCUT2D eigenvalue weighted by atomic mass is 19.2. The van der Waals surface area contributed by atoms with E-state index >= 15 is 0 Å². The minimum Gasteiger partial charge on any atom is -0.481 e. The van der Waals surface area contributed by atoms with E-state index in [2.05, 4.69) is 9.72 Å². The summed E-state index contributed by atoms with van der Waals surface area (Å²) in [7, 11) is 0. The lowest BCUT2D eigenvalue weighted by molar-refractivity contribution is -0.138. The molecule has 4 aromatic rings. The maximum absolute atomic E-state index is 14.2.